The van der Waals surface area contributed by atoms with Gasteiger partial charge < -0.3 is 10.1 Å². The number of benzene rings is 1. The van der Waals surface area contributed by atoms with Crippen LogP contribution in [0.15, 0.2) is 39.9 Å². The summed E-state index contributed by atoms with van der Waals surface area (Å²) in [5.41, 5.74) is 0.793. The van der Waals surface area contributed by atoms with Gasteiger partial charge in [-0.05, 0) is 25.0 Å². The van der Waals surface area contributed by atoms with Crippen molar-refractivity contribution >= 4 is 16.9 Å². The van der Waals surface area contributed by atoms with E-state index >= 15 is 0 Å². The lowest BCUT2D eigenvalue weighted by molar-refractivity contribution is 0.0931. The molecule has 2 aromatic heterocycles. The van der Waals surface area contributed by atoms with Gasteiger partial charge in [-0.25, -0.2) is 9.78 Å². The highest BCUT2D eigenvalue weighted by molar-refractivity contribution is 6.05. The molecule has 3 aromatic rings. The summed E-state index contributed by atoms with van der Waals surface area (Å²) in [7, 11) is 0. The SMILES string of the molecule is CCn1c(=O)[nH]c(=O)c2c(C(=O)NC3COc4ccccc43)cc(C(C)C)nc21. The third-order valence-electron chi connectivity index (χ3n) is 5.13. The highest BCUT2D eigenvalue weighted by Crippen LogP contribution is 2.32. The molecule has 1 amide bonds. The molecule has 3 heterocycles. The highest BCUT2D eigenvalue weighted by Gasteiger charge is 2.27. The Morgan fingerprint density at radius 3 is 2.83 bits per heavy atom. The number of H-pyrrole nitrogens is 1. The van der Waals surface area contributed by atoms with Gasteiger partial charge in [0.2, 0.25) is 0 Å². The van der Waals surface area contributed by atoms with Crippen molar-refractivity contribution in [3.63, 3.8) is 0 Å². The average molecular weight is 394 g/mol. The summed E-state index contributed by atoms with van der Waals surface area (Å²) in [5.74, 6) is 0.343. The van der Waals surface area contributed by atoms with Crippen LogP contribution in [0.4, 0.5) is 0 Å². The summed E-state index contributed by atoms with van der Waals surface area (Å²) in [6, 6.07) is 8.82. The number of amides is 1. The third-order valence-corrected chi connectivity index (χ3v) is 5.13. The van der Waals surface area contributed by atoms with Crippen LogP contribution < -0.4 is 21.3 Å². The van der Waals surface area contributed by atoms with E-state index in [0.717, 1.165) is 11.3 Å². The van der Waals surface area contributed by atoms with E-state index in [0.29, 0.717) is 18.8 Å². The molecule has 8 nitrogen and oxygen atoms in total. The van der Waals surface area contributed by atoms with Crippen LogP contribution in [0.3, 0.4) is 0 Å². The predicted molar refractivity (Wildman–Crippen MR) is 109 cm³/mol. The first-order valence-electron chi connectivity index (χ1n) is 9.61. The van der Waals surface area contributed by atoms with E-state index in [1.165, 1.54) is 4.57 Å². The molecule has 1 aliphatic heterocycles. The fourth-order valence-electron chi connectivity index (χ4n) is 3.58. The van der Waals surface area contributed by atoms with Crippen molar-refractivity contribution < 1.29 is 9.53 Å². The van der Waals surface area contributed by atoms with Gasteiger partial charge in [-0.3, -0.25) is 19.1 Å². The molecule has 0 bridgehead atoms. The van der Waals surface area contributed by atoms with Crippen LogP contribution in [0.5, 0.6) is 5.75 Å². The molecule has 0 spiro atoms. The summed E-state index contributed by atoms with van der Waals surface area (Å²) in [6.45, 7) is 6.32. The maximum atomic E-state index is 13.2. The number of ether oxygens (including phenoxy) is 1. The lowest BCUT2D eigenvalue weighted by Crippen LogP contribution is -2.34. The number of hydrogen-bond donors (Lipinski definition) is 2. The monoisotopic (exact) mass is 394 g/mol. The Kier molecular flexibility index (Phi) is 4.70. The first-order valence-corrected chi connectivity index (χ1v) is 9.61. The highest BCUT2D eigenvalue weighted by atomic mass is 16.5. The Balaban J connectivity index is 1.85. The van der Waals surface area contributed by atoms with Crippen LogP contribution in [-0.2, 0) is 6.54 Å². The number of nitrogens with zero attached hydrogens (tertiary/aromatic N) is 2. The molecule has 8 heteroatoms. The van der Waals surface area contributed by atoms with E-state index < -0.39 is 17.2 Å². The maximum absolute atomic E-state index is 13.2. The van der Waals surface area contributed by atoms with Gasteiger partial charge in [-0.2, -0.15) is 0 Å². The van der Waals surface area contributed by atoms with Gasteiger partial charge >= 0.3 is 5.69 Å². The minimum Gasteiger partial charge on any atom is -0.491 e. The van der Waals surface area contributed by atoms with Crippen molar-refractivity contribution in [1.82, 2.24) is 19.9 Å². The predicted octanol–water partition coefficient (Wildman–Crippen LogP) is 2.09. The molecule has 1 aliphatic rings. The van der Waals surface area contributed by atoms with Crippen molar-refractivity contribution in [1.29, 1.82) is 0 Å². The number of rotatable bonds is 4. The van der Waals surface area contributed by atoms with E-state index in [2.05, 4.69) is 15.3 Å². The summed E-state index contributed by atoms with van der Waals surface area (Å²) in [4.78, 5) is 44.8. The number of carbonyl (C=O) groups excluding carboxylic acids is 1. The summed E-state index contributed by atoms with van der Waals surface area (Å²) >= 11 is 0. The number of fused-ring (bicyclic) bond motifs is 2. The summed E-state index contributed by atoms with van der Waals surface area (Å²) < 4.78 is 7.00. The first kappa shape index (κ1) is 18.9. The lowest BCUT2D eigenvalue weighted by Gasteiger charge is -2.16. The van der Waals surface area contributed by atoms with Crippen LogP contribution in [0.25, 0.3) is 11.0 Å². The zero-order valence-electron chi connectivity index (χ0n) is 16.5. The number of hydrogen-bond acceptors (Lipinski definition) is 5. The van der Waals surface area contributed by atoms with Crippen molar-refractivity contribution in [3.05, 3.63) is 68.0 Å². The number of aromatic amines is 1. The van der Waals surface area contributed by atoms with Crippen LogP contribution in [0.1, 0.15) is 54.3 Å². The second-order valence-corrected chi connectivity index (χ2v) is 7.33. The molecule has 0 saturated heterocycles. The smallest absolute Gasteiger partial charge is 0.329 e. The molecule has 4 rings (SSSR count). The number of pyridine rings is 1. The molecule has 2 N–H and O–H groups in total. The normalized spacial score (nSPS) is 15.4. The van der Waals surface area contributed by atoms with Crippen LogP contribution in [0.2, 0.25) is 0 Å². The Bertz CT molecular complexity index is 1230. The second-order valence-electron chi connectivity index (χ2n) is 7.33. The number of aromatic nitrogens is 3. The van der Waals surface area contributed by atoms with Gasteiger partial charge in [-0.15, -0.1) is 0 Å². The van der Waals surface area contributed by atoms with E-state index in [9.17, 15) is 14.4 Å². The minimum absolute atomic E-state index is 0.0150. The third kappa shape index (κ3) is 3.20. The summed E-state index contributed by atoms with van der Waals surface area (Å²) in [6.07, 6.45) is 0. The van der Waals surface area contributed by atoms with Gasteiger partial charge in [0.15, 0.2) is 5.65 Å². The first-order chi connectivity index (χ1) is 13.9. The standard InChI is InChI=1S/C21H22N4O4/c1-4-25-18-17(20(27)24-21(25)28)13(9-14(22-18)11(2)3)19(26)23-15-10-29-16-8-6-5-7-12(15)16/h5-9,11,15H,4,10H2,1-3H3,(H,23,26)(H,24,27,28). The zero-order valence-corrected chi connectivity index (χ0v) is 16.5. The van der Waals surface area contributed by atoms with Gasteiger partial charge in [0.25, 0.3) is 11.5 Å². The molecule has 0 fully saturated rings. The fourth-order valence-corrected chi connectivity index (χ4v) is 3.58. The van der Waals surface area contributed by atoms with Crippen molar-refractivity contribution in [3.8, 4) is 5.75 Å². The maximum Gasteiger partial charge on any atom is 0.329 e. The largest absolute Gasteiger partial charge is 0.491 e. The molecule has 150 valence electrons. The molecule has 0 radical (unpaired) electrons. The summed E-state index contributed by atoms with van der Waals surface area (Å²) in [5, 5.41) is 3.07. The Labute approximate surface area is 166 Å². The quantitative estimate of drug-likeness (QED) is 0.705. The molecule has 1 aromatic carbocycles. The molecule has 0 saturated carbocycles. The van der Waals surface area contributed by atoms with Gasteiger partial charge in [0, 0.05) is 17.8 Å². The van der Waals surface area contributed by atoms with E-state index in [-0.39, 0.29) is 28.6 Å². The molecular weight excluding hydrogens is 372 g/mol. The molecule has 29 heavy (non-hydrogen) atoms. The fraction of sp³-hybridized carbons (Fsp3) is 0.333. The molecule has 1 unspecified atom stereocenters. The average Bonchev–Trinajstić information content (AvgIpc) is 3.10. The van der Waals surface area contributed by atoms with Crippen LogP contribution in [0, 0.1) is 0 Å². The number of aryl methyl sites for hydroxylation is 1. The van der Waals surface area contributed by atoms with Gasteiger partial charge in [-0.1, -0.05) is 32.0 Å². The minimum atomic E-state index is -0.620. The Morgan fingerprint density at radius 2 is 2.10 bits per heavy atom. The topological polar surface area (TPSA) is 106 Å². The van der Waals surface area contributed by atoms with E-state index in [1.807, 2.05) is 38.1 Å². The van der Waals surface area contributed by atoms with E-state index in [4.69, 9.17) is 4.74 Å². The van der Waals surface area contributed by atoms with Crippen LogP contribution in [-0.4, -0.2) is 27.0 Å². The van der Waals surface area contributed by atoms with E-state index in [1.54, 1.807) is 13.0 Å². The van der Waals surface area contributed by atoms with Crippen molar-refractivity contribution in [2.75, 3.05) is 6.61 Å². The van der Waals surface area contributed by atoms with Gasteiger partial charge in [0.05, 0.1) is 17.0 Å². The lowest BCUT2D eigenvalue weighted by atomic mass is 10.0. The van der Waals surface area contributed by atoms with Crippen molar-refractivity contribution in [2.45, 2.75) is 39.3 Å². The zero-order chi connectivity index (χ0) is 20.7. The van der Waals surface area contributed by atoms with Crippen LogP contribution >= 0.6 is 0 Å². The molecular formula is C21H22N4O4. The second kappa shape index (κ2) is 7.20. The molecule has 0 aliphatic carbocycles. The number of nitrogens with one attached hydrogen (secondary N) is 2. The van der Waals surface area contributed by atoms with Gasteiger partial charge in [0.1, 0.15) is 12.4 Å². The number of para-hydroxylation sites is 1. The Morgan fingerprint density at radius 1 is 1.34 bits per heavy atom. The van der Waals surface area contributed by atoms with Crippen molar-refractivity contribution in [2.24, 2.45) is 0 Å². The molecule has 1 atom stereocenters. The number of carbonyl (C=O) groups is 1. The Hall–Kier alpha value is -3.42.